The van der Waals surface area contributed by atoms with E-state index in [0.29, 0.717) is 0 Å². The van der Waals surface area contributed by atoms with Crippen molar-refractivity contribution >= 4 is 0 Å². The summed E-state index contributed by atoms with van der Waals surface area (Å²) in [6.07, 6.45) is 5.40. The highest BCUT2D eigenvalue weighted by Crippen LogP contribution is 2.03. The molecule has 0 aliphatic rings. The summed E-state index contributed by atoms with van der Waals surface area (Å²) in [6, 6.07) is 0. The largest absolute Gasteiger partial charge is 0.328 e. The van der Waals surface area contributed by atoms with Crippen LogP contribution in [0.2, 0.25) is 0 Å². The average molecular weight is 158 g/mol. The minimum atomic E-state index is 1.21. The molecule has 0 rings (SSSR count). The Kier molecular flexibility index (Phi) is 5.57. The molecule has 1 heteroatoms. The quantitative estimate of drug-likeness (QED) is 0.521. The zero-order valence-corrected chi connectivity index (χ0v) is 8.69. The third kappa shape index (κ3) is 6.36. The number of hydrogen-bond donors (Lipinski definition) is 0. The van der Waals surface area contributed by atoms with Crippen LogP contribution in [0, 0.1) is 0 Å². The van der Waals surface area contributed by atoms with Gasteiger partial charge in [0.15, 0.2) is 0 Å². The maximum atomic E-state index is 2.34. The van der Waals surface area contributed by atoms with Crippen molar-refractivity contribution in [2.45, 2.75) is 39.5 Å². The van der Waals surface area contributed by atoms with Gasteiger partial charge in [0.05, 0.1) is 27.2 Å². The summed E-state index contributed by atoms with van der Waals surface area (Å²) in [5, 5.41) is 0. The molecule has 0 heterocycles. The van der Waals surface area contributed by atoms with E-state index in [2.05, 4.69) is 27.9 Å². The maximum absolute atomic E-state index is 2.34. The molecule has 0 fully saturated rings. The Labute approximate surface area is 72.0 Å². The van der Waals surface area contributed by atoms with E-state index in [4.69, 9.17) is 0 Å². The molecule has 0 amide bonds. The van der Waals surface area contributed by atoms with Gasteiger partial charge in [-0.25, -0.2) is 0 Å². The Morgan fingerprint density at radius 3 is 1.45 bits per heavy atom. The summed E-state index contributed by atoms with van der Waals surface area (Å²) in [4.78, 5) is 0. The first kappa shape index (κ1) is 11.0. The van der Waals surface area contributed by atoms with Crippen molar-refractivity contribution in [3.63, 3.8) is 0 Å². The van der Waals surface area contributed by atoms with Crippen molar-refractivity contribution in [3.05, 3.63) is 0 Å². The molecule has 68 valence electrons. The van der Waals surface area contributed by atoms with Crippen molar-refractivity contribution in [1.29, 1.82) is 0 Å². The Hall–Kier alpha value is -0.0400. The van der Waals surface area contributed by atoms with Crippen LogP contribution in [0.25, 0.3) is 0 Å². The molecule has 0 aliphatic carbocycles. The van der Waals surface area contributed by atoms with E-state index in [1.807, 2.05) is 0 Å². The highest BCUT2D eigenvalue weighted by Gasteiger charge is 2.11. The normalized spacial score (nSPS) is 12.0. The predicted octanol–water partition coefficient (Wildman–Crippen LogP) is 2.66. The topological polar surface area (TPSA) is 0 Å². The van der Waals surface area contributed by atoms with Crippen LogP contribution < -0.4 is 0 Å². The lowest BCUT2D eigenvalue weighted by molar-refractivity contribution is -0.890. The summed E-state index contributed by atoms with van der Waals surface area (Å²) in [6.45, 7) is 7.21. The molecule has 0 saturated heterocycles. The van der Waals surface area contributed by atoms with Crippen LogP contribution in [0.1, 0.15) is 39.5 Å². The first-order valence-electron chi connectivity index (χ1n) is 4.94. The molecular weight excluding hydrogens is 134 g/mol. The van der Waals surface area contributed by atoms with Gasteiger partial charge in [-0.05, 0) is 12.8 Å². The third-order valence-electron chi connectivity index (χ3n) is 2.23. The second kappa shape index (κ2) is 5.59. The van der Waals surface area contributed by atoms with Gasteiger partial charge < -0.3 is 4.48 Å². The van der Waals surface area contributed by atoms with Crippen molar-refractivity contribution < 1.29 is 4.48 Å². The summed E-state index contributed by atoms with van der Waals surface area (Å²) < 4.78 is 1.21. The van der Waals surface area contributed by atoms with Crippen molar-refractivity contribution in [1.82, 2.24) is 0 Å². The number of rotatable bonds is 6. The van der Waals surface area contributed by atoms with E-state index < -0.39 is 0 Å². The van der Waals surface area contributed by atoms with Crippen LogP contribution in [-0.4, -0.2) is 31.7 Å². The number of nitrogens with zero attached hydrogens (tertiary/aromatic N) is 1. The highest BCUT2D eigenvalue weighted by atomic mass is 15.3. The van der Waals surface area contributed by atoms with Crippen LogP contribution in [0.4, 0.5) is 0 Å². The van der Waals surface area contributed by atoms with Crippen molar-refractivity contribution in [2.75, 3.05) is 27.2 Å². The fraction of sp³-hybridized carbons (Fsp3) is 1.00. The number of hydrogen-bond acceptors (Lipinski definition) is 0. The van der Waals surface area contributed by atoms with Gasteiger partial charge >= 0.3 is 0 Å². The zero-order chi connectivity index (χ0) is 8.74. The Bertz CT molecular complexity index is 76.9. The molecule has 11 heavy (non-hydrogen) atoms. The van der Waals surface area contributed by atoms with Crippen LogP contribution in [-0.2, 0) is 0 Å². The average Bonchev–Trinajstić information content (AvgIpc) is 1.97. The fourth-order valence-electron chi connectivity index (χ4n) is 1.28. The van der Waals surface area contributed by atoms with E-state index in [1.54, 1.807) is 0 Å². The fourth-order valence-corrected chi connectivity index (χ4v) is 1.28. The molecule has 0 saturated carbocycles. The van der Waals surface area contributed by atoms with Gasteiger partial charge in [-0.2, -0.15) is 0 Å². The molecule has 0 bridgehead atoms. The van der Waals surface area contributed by atoms with Crippen LogP contribution >= 0.6 is 0 Å². The van der Waals surface area contributed by atoms with E-state index in [9.17, 15) is 0 Å². The van der Waals surface area contributed by atoms with E-state index in [-0.39, 0.29) is 0 Å². The molecule has 0 aromatic heterocycles. The number of unbranched alkanes of at least 4 members (excludes halogenated alkanes) is 2. The molecule has 0 radical (unpaired) electrons. The van der Waals surface area contributed by atoms with E-state index >= 15 is 0 Å². The van der Waals surface area contributed by atoms with Gasteiger partial charge in [0.2, 0.25) is 0 Å². The minimum Gasteiger partial charge on any atom is -0.328 e. The van der Waals surface area contributed by atoms with Crippen molar-refractivity contribution in [3.8, 4) is 0 Å². The lowest BCUT2D eigenvalue weighted by Crippen LogP contribution is -2.41. The van der Waals surface area contributed by atoms with Crippen LogP contribution in [0.5, 0.6) is 0 Å². The van der Waals surface area contributed by atoms with Gasteiger partial charge in [0.25, 0.3) is 0 Å². The molecule has 0 aromatic rings. The van der Waals surface area contributed by atoms with E-state index in [0.717, 1.165) is 0 Å². The molecule has 0 aliphatic heterocycles. The molecule has 0 aromatic carbocycles. The van der Waals surface area contributed by atoms with Crippen LogP contribution in [0.3, 0.4) is 0 Å². The first-order valence-corrected chi connectivity index (χ1v) is 4.94. The molecule has 1 nitrogen and oxygen atoms in total. The summed E-state index contributed by atoms with van der Waals surface area (Å²) >= 11 is 0. The first-order chi connectivity index (χ1) is 5.12. The Morgan fingerprint density at radius 2 is 1.18 bits per heavy atom. The molecule has 0 N–H and O–H groups in total. The Balaban J connectivity index is 3.43. The molecule has 0 unspecified atom stereocenters. The zero-order valence-electron chi connectivity index (χ0n) is 8.69. The van der Waals surface area contributed by atoms with E-state index in [1.165, 1.54) is 43.3 Å². The van der Waals surface area contributed by atoms with Crippen LogP contribution in [0.15, 0.2) is 0 Å². The van der Waals surface area contributed by atoms with Gasteiger partial charge in [0.1, 0.15) is 0 Å². The van der Waals surface area contributed by atoms with Gasteiger partial charge in [-0.1, -0.05) is 26.7 Å². The Morgan fingerprint density at radius 1 is 0.818 bits per heavy atom. The molecular formula is C10H24N+. The highest BCUT2D eigenvalue weighted by molar-refractivity contribution is 4.37. The third-order valence-corrected chi connectivity index (χ3v) is 2.23. The lowest BCUT2D eigenvalue weighted by atomic mass is 10.2. The molecule has 0 spiro atoms. The van der Waals surface area contributed by atoms with Crippen molar-refractivity contribution in [2.24, 2.45) is 0 Å². The van der Waals surface area contributed by atoms with Gasteiger partial charge in [0, 0.05) is 0 Å². The standard InChI is InChI=1S/C10H24N/c1-5-7-9-11(3,4)10-8-6-2/h5-10H2,1-4H3/q+1. The minimum absolute atomic E-state index is 1.21. The molecule has 0 atom stereocenters. The second-order valence-electron chi connectivity index (χ2n) is 4.09. The predicted molar refractivity (Wildman–Crippen MR) is 51.7 cm³/mol. The smallest absolute Gasteiger partial charge is 0.0782 e. The summed E-state index contributed by atoms with van der Waals surface area (Å²) in [5.41, 5.74) is 0. The summed E-state index contributed by atoms with van der Waals surface area (Å²) in [7, 11) is 4.68. The second-order valence-corrected chi connectivity index (χ2v) is 4.09. The van der Waals surface area contributed by atoms with Gasteiger partial charge in [-0.3, -0.25) is 0 Å². The monoisotopic (exact) mass is 158 g/mol. The van der Waals surface area contributed by atoms with Gasteiger partial charge in [-0.15, -0.1) is 0 Å². The SMILES string of the molecule is CCCC[N+](C)(C)CCCC. The number of quaternary nitrogens is 1. The maximum Gasteiger partial charge on any atom is 0.0782 e. The lowest BCUT2D eigenvalue weighted by Gasteiger charge is -2.29. The summed E-state index contributed by atoms with van der Waals surface area (Å²) in [5.74, 6) is 0.